The number of pyridine rings is 1. The van der Waals surface area contributed by atoms with Crippen LogP contribution in [0.4, 0.5) is 8.78 Å². The largest absolute Gasteiger partial charge is 0.359 e. The van der Waals surface area contributed by atoms with E-state index in [1.165, 1.54) is 40.3 Å². The summed E-state index contributed by atoms with van der Waals surface area (Å²) in [5.74, 6) is 0.983. The Kier molecular flexibility index (Phi) is 5.08. The number of fused-ring (bicyclic) bond motifs is 2. The standard InChI is InChI=1S/C31H36F2N2O/c1-29-11-9-24-16-23-5-6-25(35(2)19-28(32)33)17-30(23)12-13-31(24,36-30)27(29)8-7-26(29)21-4-3-20-10-14-34-18-22(20)15-21/h3-4,9-10,14-16,18,25-28H,5-8,11-13,17,19H2,1-2H3/t25?,26?,27-,29?,30?,31-/m1/s1. The number of hydrogen-bond donors (Lipinski definition) is 0. The molecule has 4 unspecified atom stereocenters. The molecule has 0 amide bonds. The van der Waals surface area contributed by atoms with Crippen molar-refractivity contribution in [3.63, 3.8) is 0 Å². The number of nitrogens with zero attached hydrogens (tertiary/aromatic N) is 2. The Morgan fingerprint density at radius 2 is 2.03 bits per heavy atom. The summed E-state index contributed by atoms with van der Waals surface area (Å²) in [5.41, 5.74) is 3.94. The molecule has 2 spiro atoms. The van der Waals surface area contributed by atoms with E-state index in [4.69, 9.17) is 4.74 Å². The normalized spacial score (nSPS) is 39.1. The molecule has 1 aromatic heterocycles. The van der Waals surface area contributed by atoms with Crippen LogP contribution in [0.5, 0.6) is 0 Å². The highest BCUT2D eigenvalue weighted by atomic mass is 19.3. The van der Waals surface area contributed by atoms with Crippen molar-refractivity contribution in [3.8, 4) is 0 Å². The number of rotatable bonds is 4. The van der Waals surface area contributed by atoms with E-state index in [1.54, 1.807) is 0 Å². The summed E-state index contributed by atoms with van der Waals surface area (Å²) in [6.07, 6.45) is 14.8. The van der Waals surface area contributed by atoms with E-state index in [-0.39, 0.29) is 29.2 Å². The molecule has 3 heterocycles. The summed E-state index contributed by atoms with van der Waals surface area (Å²) in [6.45, 7) is 2.35. The van der Waals surface area contributed by atoms with Crippen LogP contribution in [0.1, 0.15) is 69.8 Å². The third kappa shape index (κ3) is 3.18. The van der Waals surface area contributed by atoms with Gasteiger partial charge in [0.05, 0.1) is 17.7 Å². The van der Waals surface area contributed by atoms with Gasteiger partial charge >= 0.3 is 0 Å². The first kappa shape index (κ1) is 23.0. The van der Waals surface area contributed by atoms with Crippen molar-refractivity contribution in [2.45, 2.75) is 87.9 Å². The molecule has 1 saturated heterocycles. The minimum absolute atomic E-state index is 0.150. The van der Waals surface area contributed by atoms with E-state index in [1.807, 2.05) is 24.3 Å². The molecule has 5 aliphatic rings. The lowest BCUT2D eigenvalue weighted by Crippen LogP contribution is -2.55. The van der Waals surface area contributed by atoms with Crippen LogP contribution in [-0.2, 0) is 4.74 Å². The highest BCUT2D eigenvalue weighted by molar-refractivity contribution is 5.82. The molecule has 6 atom stereocenters. The smallest absolute Gasteiger partial charge is 0.251 e. The number of aromatic nitrogens is 1. The van der Waals surface area contributed by atoms with Gasteiger partial charge in [-0.25, -0.2) is 8.78 Å². The van der Waals surface area contributed by atoms with Gasteiger partial charge in [-0.3, -0.25) is 9.88 Å². The van der Waals surface area contributed by atoms with E-state index < -0.39 is 6.43 Å². The van der Waals surface area contributed by atoms with E-state index in [2.05, 4.69) is 48.3 Å². The molecule has 3 aliphatic carbocycles. The molecule has 1 aromatic carbocycles. The van der Waals surface area contributed by atoms with E-state index in [0.29, 0.717) is 11.8 Å². The van der Waals surface area contributed by atoms with Crippen molar-refractivity contribution in [3.05, 3.63) is 65.5 Å². The lowest BCUT2D eigenvalue weighted by atomic mass is 9.58. The Bertz CT molecular complexity index is 1270. The van der Waals surface area contributed by atoms with Gasteiger partial charge in [0.1, 0.15) is 0 Å². The second-order valence-corrected chi connectivity index (χ2v) is 12.4. The zero-order valence-corrected chi connectivity index (χ0v) is 21.4. The molecule has 190 valence electrons. The average molecular weight is 491 g/mol. The molecule has 2 bridgehead atoms. The maximum atomic E-state index is 13.1. The van der Waals surface area contributed by atoms with Crippen LogP contribution in [0, 0.1) is 11.3 Å². The molecule has 3 nitrogen and oxygen atoms in total. The summed E-state index contributed by atoms with van der Waals surface area (Å²) in [4.78, 5) is 6.23. The molecule has 5 heteroatoms. The molecule has 2 aliphatic heterocycles. The molecule has 36 heavy (non-hydrogen) atoms. The van der Waals surface area contributed by atoms with Crippen LogP contribution in [0.25, 0.3) is 10.8 Å². The van der Waals surface area contributed by atoms with Crippen molar-refractivity contribution in [2.75, 3.05) is 13.6 Å². The summed E-state index contributed by atoms with van der Waals surface area (Å²) in [7, 11) is 1.86. The number of benzene rings is 1. The van der Waals surface area contributed by atoms with Gasteiger partial charge in [-0.15, -0.1) is 0 Å². The molecule has 2 aromatic rings. The van der Waals surface area contributed by atoms with Gasteiger partial charge < -0.3 is 4.74 Å². The van der Waals surface area contributed by atoms with E-state index in [0.717, 1.165) is 38.5 Å². The monoisotopic (exact) mass is 490 g/mol. The Morgan fingerprint density at radius 1 is 1.14 bits per heavy atom. The molecule has 7 rings (SSSR count). The molecule has 3 fully saturated rings. The van der Waals surface area contributed by atoms with Crippen LogP contribution in [-0.4, -0.2) is 47.1 Å². The zero-order chi connectivity index (χ0) is 24.7. The van der Waals surface area contributed by atoms with Crippen molar-refractivity contribution < 1.29 is 13.5 Å². The first-order valence-electron chi connectivity index (χ1n) is 13.8. The van der Waals surface area contributed by atoms with Gasteiger partial charge in [-0.2, -0.15) is 0 Å². The van der Waals surface area contributed by atoms with Gasteiger partial charge in [0.2, 0.25) is 0 Å². The van der Waals surface area contributed by atoms with Crippen LogP contribution in [0.3, 0.4) is 0 Å². The van der Waals surface area contributed by atoms with Gasteiger partial charge in [-0.05, 0) is 110 Å². The minimum Gasteiger partial charge on any atom is -0.359 e. The number of ether oxygens (including phenoxy) is 1. The second-order valence-electron chi connectivity index (χ2n) is 12.4. The van der Waals surface area contributed by atoms with Gasteiger partial charge in [0.15, 0.2) is 0 Å². The predicted octanol–water partition coefficient (Wildman–Crippen LogP) is 7.04. The molecular weight excluding hydrogens is 454 g/mol. The maximum Gasteiger partial charge on any atom is 0.251 e. The third-order valence-corrected chi connectivity index (χ3v) is 10.8. The van der Waals surface area contributed by atoms with E-state index in [9.17, 15) is 8.78 Å². The Morgan fingerprint density at radius 3 is 2.89 bits per heavy atom. The lowest BCUT2D eigenvalue weighted by Gasteiger charge is -2.55. The van der Waals surface area contributed by atoms with Crippen LogP contribution in [0.2, 0.25) is 0 Å². The summed E-state index contributed by atoms with van der Waals surface area (Å²) < 4.78 is 33.6. The van der Waals surface area contributed by atoms with Crippen LogP contribution < -0.4 is 0 Å². The zero-order valence-electron chi connectivity index (χ0n) is 21.4. The number of allylic oxidation sites excluding steroid dienone is 1. The minimum atomic E-state index is -2.29. The SMILES string of the molecule is CN(CC(F)F)C1CCC2=CC3=CCC4(C)C(c5ccc6ccncc6c5)CC[C@H]4[C@@]34CCC2(C1)O4. The predicted molar refractivity (Wildman–Crippen MR) is 138 cm³/mol. The second kappa shape index (κ2) is 7.94. The summed E-state index contributed by atoms with van der Waals surface area (Å²) in [6, 6.07) is 9.19. The number of halogens is 2. The third-order valence-electron chi connectivity index (χ3n) is 10.8. The van der Waals surface area contributed by atoms with Gasteiger partial charge in [0, 0.05) is 23.8 Å². The van der Waals surface area contributed by atoms with Crippen LogP contribution in [0.15, 0.2) is 60.0 Å². The van der Waals surface area contributed by atoms with Crippen molar-refractivity contribution in [1.82, 2.24) is 9.88 Å². The first-order chi connectivity index (χ1) is 17.3. The number of alkyl halides is 2. The van der Waals surface area contributed by atoms with Crippen molar-refractivity contribution >= 4 is 10.8 Å². The first-order valence-corrected chi connectivity index (χ1v) is 13.8. The molecule has 0 radical (unpaired) electrons. The van der Waals surface area contributed by atoms with E-state index >= 15 is 0 Å². The molecule has 0 N–H and O–H groups in total. The maximum absolute atomic E-state index is 13.1. The topological polar surface area (TPSA) is 25.4 Å². The molecular formula is C31H36F2N2O. The van der Waals surface area contributed by atoms with Crippen molar-refractivity contribution in [1.29, 1.82) is 0 Å². The summed E-state index contributed by atoms with van der Waals surface area (Å²) >= 11 is 0. The Labute approximate surface area is 212 Å². The molecule has 2 saturated carbocycles. The van der Waals surface area contributed by atoms with Crippen molar-refractivity contribution in [2.24, 2.45) is 11.3 Å². The average Bonchev–Trinajstić information content (AvgIpc) is 3.38. The van der Waals surface area contributed by atoms with Crippen LogP contribution >= 0.6 is 0 Å². The fourth-order valence-corrected chi connectivity index (χ4v) is 8.99. The number of hydrogen-bond acceptors (Lipinski definition) is 3. The quantitative estimate of drug-likeness (QED) is 0.460. The highest BCUT2D eigenvalue weighted by Crippen LogP contribution is 2.69. The van der Waals surface area contributed by atoms with Gasteiger partial charge in [0.25, 0.3) is 6.43 Å². The lowest BCUT2D eigenvalue weighted by molar-refractivity contribution is -0.141. The Hall–Kier alpha value is -2.11. The summed E-state index contributed by atoms with van der Waals surface area (Å²) in [5, 5.41) is 2.46. The highest BCUT2D eigenvalue weighted by Gasteiger charge is 2.66. The fourth-order valence-electron chi connectivity index (χ4n) is 8.99. The fraction of sp³-hybridized carbons (Fsp3) is 0.581. The van der Waals surface area contributed by atoms with Gasteiger partial charge in [-0.1, -0.05) is 31.2 Å². The Balaban J connectivity index is 1.22.